The van der Waals surface area contributed by atoms with Crippen LogP contribution >= 0.6 is 15.9 Å². The summed E-state index contributed by atoms with van der Waals surface area (Å²) in [4.78, 5) is 13.4. The van der Waals surface area contributed by atoms with E-state index < -0.39 is 11.5 Å². The molecule has 2 rings (SSSR count). The van der Waals surface area contributed by atoms with Crippen molar-refractivity contribution in [1.29, 1.82) is 5.26 Å². The van der Waals surface area contributed by atoms with Crippen LogP contribution in [0.2, 0.25) is 0 Å². The van der Waals surface area contributed by atoms with Crippen LogP contribution in [0.5, 0.6) is 0 Å². The van der Waals surface area contributed by atoms with Crippen molar-refractivity contribution in [3.63, 3.8) is 0 Å². The monoisotopic (exact) mass is 442 g/mol. The quantitative estimate of drug-likeness (QED) is 0.500. The molecule has 0 aliphatic carbocycles. The van der Waals surface area contributed by atoms with E-state index in [1.165, 1.54) is 4.90 Å². The Morgan fingerprint density at radius 3 is 2.29 bits per heavy atom. The molecule has 0 radical (unpaired) electrons. The molecule has 0 spiro atoms. The zero-order valence-corrected chi connectivity index (χ0v) is 18.2. The first-order valence-corrected chi connectivity index (χ1v) is 10.2. The smallest absolute Gasteiger partial charge is 0.407 e. The number of nitrogens with zero attached hydrogens (tertiary/aromatic N) is 2. The van der Waals surface area contributed by atoms with Gasteiger partial charge in [0.15, 0.2) is 0 Å². The van der Waals surface area contributed by atoms with Crippen LogP contribution in [0.4, 0.5) is 4.79 Å². The SMILES string of the molecule is CC(c1ccc(Br)cc1)N(CC[C@H](CC(C)(C)C#N)c1ccccc1)C(=O)O. The summed E-state index contributed by atoms with van der Waals surface area (Å²) in [6, 6.07) is 19.9. The number of nitriles is 1. The van der Waals surface area contributed by atoms with Gasteiger partial charge in [-0.05, 0) is 62.8 Å². The molecule has 4 nitrogen and oxygen atoms in total. The van der Waals surface area contributed by atoms with Gasteiger partial charge in [-0.3, -0.25) is 0 Å². The maximum absolute atomic E-state index is 11.9. The molecule has 28 heavy (non-hydrogen) atoms. The van der Waals surface area contributed by atoms with Crippen LogP contribution in [0.25, 0.3) is 0 Å². The van der Waals surface area contributed by atoms with Crippen LogP contribution in [0.3, 0.4) is 0 Å². The van der Waals surface area contributed by atoms with Gasteiger partial charge in [-0.25, -0.2) is 4.79 Å². The standard InChI is InChI=1S/C23H27BrN2O2/c1-17(18-9-11-21(24)12-10-18)26(22(27)28)14-13-20(15-23(2,3)16-25)19-7-5-4-6-8-19/h4-12,17,20H,13-15H2,1-3H3,(H,27,28)/t17?,20-/m1/s1. The fourth-order valence-electron chi connectivity index (χ4n) is 3.44. The third-order valence-corrected chi connectivity index (χ3v) is 5.64. The lowest BCUT2D eigenvalue weighted by molar-refractivity contribution is 0.125. The van der Waals surface area contributed by atoms with Crippen molar-refractivity contribution in [2.75, 3.05) is 6.54 Å². The van der Waals surface area contributed by atoms with Crippen LogP contribution in [0.1, 0.15) is 56.7 Å². The summed E-state index contributed by atoms with van der Waals surface area (Å²) < 4.78 is 0.966. The molecule has 1 unspecified atom stereocenters. The molecule has 148 valence electrons. The number of halogens is 1. The van der Waals surface area contributed by atoms with Crippen molar-refractivity contribution in [3.8, 4) is 6.07 Å². The lowest BCUT2D eigenvalue weighted by Crippen LogP contribution is -2.34. The maximum Gasteiger partial charge on any atom is 0.407 e. The Balaban J connectivity index is 2.19. The van der Waals surface area contributed by atoms with Gasteiger partial charge in [0.2, 0.25) is 0 Å². The van der Waals surface area contributed by atoms with Gasteiger partial charge >= 0.3 is 6.09 Å². The topological polar surface area (TPSA) is 64.3 Å². The van der Waals surface area contributed by atoms with Crippen molar-refractivity contribution in [1.82, 2.24) is 4.90 Å². The normalized spacial score (nSPS) is 13.4. The summed E-state index contributed by atoms with van der Waals surface area (Å²) in [5, 5.41) is 19.2. The third-order valence-electron chi connectivity index (χ3n) is 5.11. The Labute approximate surface area is 175 Å². The predicted octanol–water partition coefficient (Wildman–Crippen LogP) is 6.60. The van der Waals surface area contributed by atoms with E-state index in [9.17, 15) is 15.2 Å². The van der Waals surface area contributed by atoms with Crippen molar-refractivity contribution in [3.05, 3.63) is 70.2 Å². The van der Waals surface area contributed by atoms with Gasteiger partial charge in [0.25, 0.3) is 0 Å². The summed E-state index contributed by atoms with van der Waals surface area (Å²) in [5.74, 6) is 0.120. The van der Waals surface area contributed by atoms with E-state index in [0.717, 1.165) is 15.6 Å². The first kappa shape index (κ1) is 22.0. The first-order valence-electron chi connectivity index (χ1n) is 9.45. The van der Waals surface area contributed by atoms with Gasteiger partial charge in [-0.15, -0.1) is 0 Å². The highest BCUT2D eigenvalue weighted by atomic mass is 79.9. The minimum Gasteiger partial charge on any atom is -0.465 e. The number of carboxylic acid groups (broad SMARTS) is 1. The van der Waals surface area contributed by atoms with Crippen molar-refractivity contribution < 1.29 is 9.90 Å². The van der Waals surface area contributed by atoms with Crippen LogP contribution in [-0.2, 0) is 0 Å². The van der Waals surface area contributed by atoms with Gasteiger partial charge in [-0.1, -0.05) is 58.4 Å². The molecule has 1 amide bonds. The third kappa shape index (κ3) is 6.10. The number of rotatable bonds is 8. The van der Waals surface area contributed by atoms with E-state index in [0.29, 0.717) is 19.4 Å². The molecule has 0 bridgehead atoms. The zero-order valence-electron chi connectivity index (χ0n) is 16.6. The van der Waals surface area contributed by atoms with E-state index in [2.05, 4.69) is 34.1 Å². The fourth-order valence-corrected chi connectivity index (χ4v) is 3.71. The number of benzene rings is 2. The lowest BCUT2D eigenvalue weighted by Gasteiger charge is -2.30. The van der Waals surface area contributed by atoms with Crippen molar-refractivity contribution in [2.24, 2.45) is 5.41 Å². The summed E-state index contributed by atoms with van der Waals surface area (Å²) in [7, 11) is 0. The van der Waals surface area contributed by atoms with E-state index in [1.807, 2.05) is 63.2 Å². The maximum atomic E-state index is 11.9. The molecule has 2 aromatic carbocycles. The molecule has 5 heteroatoms. The number of amides is 1. The number of carbonyl (C=O) groups is 1. The van der Waals surface area contributed by atoms with Gasteiger partial charge in [0.1, 0.15) is 0 Å². The van der Waals surface area contributed by atoms with Crippen molar-refractivity contribution in [2.45, 2.75) is 45.6 Å². The summed E-state index contributed by atoms with van der Waals surface area (Å²) in [5.41, 5.74) is 1.64. The van der Waals surface area contributed by atoms with Gasteiger partial charge < -0.3 is 10.0 Å². The summed E-state index contributed by atoms with van der Waals surface area (Å²) in [6.07, 6.45) is 0.428. The second-order valence-electron chi connectivity index (χ2n) is 7.80. The minimum atomic E-state index is -0.929. The molecule has 0 aliphatic rings. The summed E-state index contributed by atoms with van der Waals surface area (Å²) in [6.45, 7) is 6.19. The zero-order chi connectivity index (χ0) is 20.7. The summed E-state index contributed by atoms with van der Waals surface area (Å²) >= 11 is 3.41. The molecule has 2 aromatic rings. The molecule has 0 fully saturated rings. The fraction of sp³-hybridized carbons (Fsp3) is 0.391. The Morgan fingerprint density at radius 1 is 1.14 bits per heavy atom. The largest absolute Gasteiger partial charge is 0.465 e. The Hall–Kier alpha value is -2.32. The Morgan fingerprint density at radius 2 is 1.75 bits per heavy atom. The highest BCUT2D eigenvalue weighted by Gasteiger charge is 2.27. The second-order valence-corrected chi connectivity index (χ2v) is 8.72. The van der Waals surface area contributed by atoms with Gasteiger partial charge in [0.05, 0.1) is 17.5 Å². The molecule has 0 heterocycles. The molecule has 0 aromatic heterocycles. The van der Waals surface area contributed by atoms with Crippen molar-refractivity contribution >= 4 is 22.0 Å². The Kier molecular flexibility index (Phi) is 7.65. The van der Waals surface area contributed by atoms with Gasteiger partial charge in [0, 0.05) is 11.0 Å². The number of hydrogen-bond donors (Lipinski definition) is 1. The van der Waals surface area contributed by atoms with Crippen LogP contribution in [-0.4, -0.2) is 22.6 Å². The first-order chi connectivity index (χ1) is 13.2. The number of hydrogen-bond acceptors (Lipinski definition) is 2. The average molecular weight is 443 g/mol. The molecule has 2 atom stereocenters. The molecule has 1 N–H and O–H groups in total. The molecule has 0 saturated carbocycles. The predicted molar refractivity (Wildman–Crippen MR) is 115 cm³/mol. The van der Waals surface area contributed by atoms with Gasteiger partial charge in [-0.2, -0.15) is 5.26 Å². The van der Waals surface area contributed by atoms with Crippen LogP contribution in [0.15, 0.2) is 59.1 Å². The highest BCUT2D eigenvalue weighted by molar-refractivity contribution is 9.10. The van der Waals surface area contributed by atoms with Crippen LogP contribution < -0.4 is 0 Å². The molecule has 0 saturated heterocycles. The second kappa shape index (κ2) is 9.75. The van der Waals surface area contributed by atoms with E-state index in [4.69, 9.17) is 0 Å². The molecule has 0 aliphatic heterocycles. The van der Waals surface area contributed by atoms with E-state index in [-0.39, 0.29) is 12.0 Å². The Bertz CT molecular complexity index is 813. The lowest BCUT2D eigenvalue weighted by atomic mass is 9.79. The minimum absolute atomic E-state index is 0.120. The average Bonchev–Trinajstić information content (AvgIpc) is 2.68. The van der Waals surface area contributed by atoms with Crippen LogP contribution in [0, 0.1) is 16.7 Å². The van der Waals surface area contributed by atoms with E-state index in [1.54, 1.807) is 0 Å². The van der Waals surface area contributed by atoms with E-state index >= 15 is 0 Å². The molecular weight excluding hydrogens is 416 g/mol. The molecular formula is C23H27BrN2O2. The highest BCUT2D eigenvalue weighted by Crippen LogP contribution is 2.34.